The molecule has 0 saturated heterocycles. The molecule has 0 radical (unpaired) electrons. The first-order valence-corrected chi connectivity index (χ1v) is 9.31. The van der Waals surface area contributed by atoms with E-state index < -0.39 is 70.5 Å². The molecular formula is C24H12F8. The first kappa shape index (κ1) is 21.8. The highest BCUT2D eigenvalue weighted by atomic mass is 19.2. The average Bonchev–Trinajstić information content (AvgIpc) is 2.77. The van der Waals surface area contributed by atoms with Crippen molar-refractivity contribution in [2.75, 3.05) is 0 Å². The Kier molecular flexibility index (Phi) is 5.62. The largest absolute Gasteiger partial charge is 0.204 e. The van der Waals surface area contributed by atoms with Gasteiger partial charge in [-0.2, -0.15) is 0 Å². The Morgan fingerprint density at radius 2 is 0.719 bits per heavy atom. The number of fused-ring (bicyclic) bond motifs is 1. The second-order valence-corrected chi connectivity index (χ2v) is 7.26. The van der Waals surface area contributed by atoms with E-state index >= 15 is 0 Å². The van der Waals surface area contributed by atoms with E-state index in [-0.39, 0.29) is 12.1 Å². The van der Waals surface area contributed by atoms with Crippen molar-refractivity contribution in [1.29, 1.82) is 0 Å². The van der Waals surface area contributed by atoms with E-state index in [9.17, 15) is 35.1 Å². The fraction of sp³-hybridized carbons (Fsp3) is 0.0833. The van der Waals surface area contributed by atoms with E-state index in [1.54, 1.807) is 12.1 Å². The van der Waals surface area contributed by atoms with Crippen LogP contribution < -0.4 is 0 Å². The minimum absolute atomic E-state index is 0.131. The minimum atomic E-state index is -1.50. The molecule has 4 rings (SSSR count). The highest BCUT2D eigenvalue weighted by Crippen LogP contribution is 2.27. The second-order valence-electron chi connectivity index (χ2n) is 7.26. The topological polar surface area (TPSA) is 0 Å². The number of rotatable bonds is 4. The predicted molar refractivity (Wildman–Crippen MR) is 102 cm³/mol. The van der Waals surface area contributed by atoms with Crippen LogP contribution in [0, 0.1) is 46.5 Å². The molecule has 0 nitrogen and oxygen atoms in total. The van der Waals surface area contributed by atoms with Gasteiger partial charge < -0.3 is 0 Å². The normalized spacial score (nSPS) is 11.4. The maximum Gasteiger partial charge on any atom is 0.165 e. The summed E-state index contributed by atoms with van der Waals surface area (Å²) in [6.45, 7) is 0. The summed E-state index contributed by atoms with van der Waals surface area (Å²) in [4.78, 5) is 0. The van der Waals surface area contributed by atoms with E-state index in [1.807, 2.05) is 0 Å². The molecule has 0 bridgehead atoms. The van der Waals surface area contributed by atoms with Gasteiger partial charge in [0.2, 0.25) is 0 Å². The number of hydrogen-bond donors (Lipinski definition) is 0. The van der Waals surface area contributed by atoms with E-state index in [1.165, 1.54) is 24.3 Å². The van der Waals surface area contributed by atoms with Crippen LogP contribution >= 0.6 is 0 Å². The number of hydrogen-bond acceptors (Lipinski definition) is 0. The molecule has 32 heavy (non-hydrogen) atoms. The summed E-state index contributed by atoms with van der Waals surface area (Å²) in [7, 11) is 0. The molecule has 0 heterocycles. The van der Waals surface area contributed by atoms with Gasteiger partial charge in [0.1, 0.15) is 0 Å². The smallest absolute Gasteiger partial charge is 0.165 e. The molecule has 0 spiro atoms. The van der Waals surface area contributed by atoms with E-state index in [4.69, 9.17) is 0 Å². The lowest BCUT2D eigenvalue weighted by atomic mass is 9.97. The lowest BCUT2D eigenvalue weighted by molar-refractivity contribution is 0.441. The molecule has 0 aliphatic heterocycles. The van der Waals surface area contributed by atoms with E-state index in [0.717, 1.165) is 0 Å². The van der Waals surface area contributed by atoms with E-state index in [0.29, 0.717) is 21.9 Å². The van der Waals surface area contributed by atoms with Crippen LogP contribution in [0.2, 0.25) is 0 Å². The van der Waals surface area contributed by atoms with Crippen molar-refractivity contribution >= 4 is 10.8 Å². The Hall–Kier alpha value is -3.42. The van der Waals surface area contributed by atoms with Gasteiger partial charge >= 0.3 is 0 Å². The highest BCUT2D eigenvalue weighted by molar-refractivity contribution is 5.84. The van der Waals surface area contributed by atoms with Gasteiger partial charge in [-0.15, -0.1) is 0 Å². The van der Waals surface area contributed by atoms with Gasteiger partial charge in [0.25, 0.3) is 0 Å². The molecule has 0 amide bonds. The average molecular weight is 452 g/mol. The molecule has 0 aliphatic carbocycles. The fourth-order valence-corrected chi connectivity index (χ4v) is 3.53. The van der Waals surface area contributed by atoms with Crippen LogP contribution in [0.25, 0.3) is 10.8 Å². The van der Waals surface area contributed by atoms with Crippen LogP contribution in [0.3, 0.4) is 0 Å². The monoisotopic (exact) mass is 452 g/mol. The fourth-order valence-electron chi connectivity index (χ4n) is 3.53. The van der Waals surface area contributed by atoms with Crippen LogP contribution in [0.1, 0.15) is 22.3 Å². The van der Waals surface area contributed by atoms with Gasteiger partial charge in [-0.25, -0.2) is 35.1 Å². The molecule has 164 valence electrons. The Bertz CT molecular complexity index is 1200. The zero-order valence-corrected chi connectivity index (χ0v) is 16.1. The summed E-state index contributed by atoms with van der Waals surface area (Å²) in [6.07, 6.45) is -0.827. The lowest BCUT2D eigenvalue weighted by Crippen LogP contribution is -2.04. The molecule has 0 atom stereocenters. The van der Waals surface area contributed by atoms with Crippen molar-refractivity contribution in [3.05, 3.63) is 117 Å². The molecule has 4 aromatic rings. The highest BCUT2D eigenvalue weighted by Gasteiger charge is 2.20. The summed E-state index contributed by atoms with van der Waals surface area (Å²) in [5.41, 5.74) is -0.787. The molecule has 0 N–H and O–H groups in total. The Balaban J connectivity index is 1.66. The first-order valence-electron chi connectivity index (χ1n) is 9.31. The van der Waals surface area contributed by atoms with Gasteiger partial charge in [-0.3, -0.25) is 0 Å². The molecule has 4 aromatic carbocycles. The quantitative estimate of drug-likeness (QED) is 0.228. The first-order chi connectivity index (χ1) is 15.2. The van der Waals surface area contributed by atoms with Gasteiger partial charge in [-0.1, -0.05) is 36.4 Å². The van der Waals surface area contributed by atoms with Crippen molar-refractivity contribution in [3.8, 4) is 0 Å². The second kappa shape index (κ2) is 8.26. The summed E-state index contributed by atoms with van der Waals surface area (Å²) < 4.78 is 109. The van der Waals surface area contributed by atoms with Gasteiger partial charge in [0, 0.05) is 36.1 Å². The summed E-state index contributed by atoms with van der Waals surface area (Å²) in [5.74, 6) is -11.9. The molecule has 0 unspecified atom stereocenters. The standard InChI is InChI=1S/C24H12F8/c25-17-9-18(26)22(30)15(21(17)29)7-11-1-3-13-6-12(2-4-14(13)5-11)8-16-23(31)19(27)10-20(28)24(16)32/h1-6,9-10H,7-8H2. The lowest BCUT2D eigenvalue weighted by Gasteiger charge is -2.10. The van der Waals surface area contributed by atoms with Crippen LogP contribution in [0.4, 0.5) is 35.1 Å². The zero-order chi connectivity index (χ0) is 23.2. The molecule has 0 fully saturated rings. The zero-order valence-electron chi connectivity index (χ0n) is 16.1. The predicted octanol–water partition coefficient (Wildman–Crippen LogP) is 7.13. The maximum absolute atomic E-state index is 13.9. The molecular weight excluding hydrogens is 440 g/mol. The third-order valence-corrected chi connectivity index (χ3v) is 5.14. The molecule has 0 saturated carbocycles. The Morgan fingerprint density at radius 3 is 1.03 bits per heavy atom. The van der Waals surface area contributed by atoms with Gasteiger partial charge in [0.05, 0.1) is 0 Å². The SMILES string of the molecule is Fc1cc(F)c(F)c(Cc2ccc3cc(Cc4c(F)c(F)cc(F)c4F)ccc3c2)c1F. The van der Waals surface area contributed by atoms with Gasteiger partial charge in [-0.05, 0) is 21.9 Å². The Morgan fingerprint density at radius 1 is 0.406 bits per heavy atom. The van der Waals surface area contributed by atoms with Crippen molar-refractivity contribution < 1.29 is 35.1 Å². The summed E-state index contributed by atoms with van der Waals surface area (Å²) in [6, 6.07) is 9.34. The third-order valence-electron chi connectivity index (χ3n) is 5.14. The summed E-state index contributed by atoms with van der Waals surface area (Å²) >= 11 is 0. The number of halogens is 8. The van der Waals surface area contributed by atoms with Gasteiger partial charge in [0.15, 0.2) is 46.5 Å². The molecule has 0 aromatic heterocycles. The van der Waals surface area contributed by atoms with Crippen LogP contribution in [-0.4, -0.2) is 0 Å². The summed E-state index contributed by atoms with van der Waals surface area (Å²) in [5, 5.41) is 1.13. The van der Waals surface area contributed by atoms with Crippen molar-refractivity contribution in [3.63, 3.8) is 0 Å². The van der Waals surface area contributed by atoms with E-state index in [2.05, 4.69) is 0 Å². The number of benzene rings is 4. The minimum Gasteiger partial charge on any atom is -0.204 e. The maximum atomic E-state index is 13.9. The van der Waals surface area contributed by atoms with Crippen molar-refractivity contribution in [2.24, 2.45) is 0 Å². The van der Waals surface area contributed by atoms with Crippen molar-refractivity contribution in [2.45, 2.75) is 12.8 Å². The Labute approximate surface area is 176 Å². The van der Waals surface area contributed by atoms with Crippen LogP contribution in [0.5, 0.6) is 0 Å². The third kappa shape index (κ3) is 3.92. The molecule has 0 aliphatic rings. The van der Waals surface area contributed by atoms with Crippen LogP contribution in [-0.2, 0) is 12.8 Å². The van der Waals surface area contributed by atoms with Crippen LogP contribution in [0.15, 0.2) is 48.5 Å². The molecule has 8 heteroatoms. The van der Waals surface area contributed by atoms with Crippen molar-refractivity contribution in [1.82, 2.24) is 0 Å².